The van der Waals surface area contributed by atoms with Crippen molar-refractivity contribution < 1.29 is 150 Å². The van der Waals surface area contributed by atoms with Crippen molar-refractivity contribution in [3.8, 4) is 0 Å². The third-order valence-corrected chi connectivity index (χ3v) is 5.70. The van der Waals surface area contributed by atoms with E-state index in [-0.39, 0.29) is 120 Å². The van der Waals surface area contributed by atoms with Gasteiger partial charge in [-0.2, -0.15) is 0 Å². The monoisotopic (exact) mass is 503 g/mol. The van der Waals surface area contributed by atoms with Gasteiger partial charge in [0.2, 0.25) is 0 Å². The van der Waals surface area contributed by atoms with Gasteiger partial charge in [0.25, 0.3) is 0 Å². The molecule has 1 aliphatic heterocycles. The van der Waals surface area contributed by atoms with Crippen molar-refractivity contribution in [2.45, 2.75) is 24.5 Å². The third-order valence-electron chi connectivity index (χ3n) is 3.60. The molecule has 1 saturated heterocycles. The van der Waals surface area contributed by atoms with E-state index < -0.39 is 46.8 Å². The third kappa shape index (κ3) is 7.12. The first-order chi connectivity index (χ1) is 12.5. The van der Waals surface area contributed by atoms with Crippen molar-refractivity contribution in [2.24, 2.45) is 0 Å². The largest absolute Gasteiger partial charge is 1.00 e. The van der Waals surface area contributed by atoms with Crippen LogP contribution in [0, 0.1) is 0 Å². The van der Waals surface area contributed by atoms with Gasteiger partial charge in [0.15, 0.2) is 17.7 Å². The molecule has 0 aromatic carbocycles. The van der Waals surface area contributed by atoms with E-state index in [2.05, 4.69) is 23.8 Å². The Morgan fingerprint density at radius 3 is 2.48 bits per heavy atom. The Morgan fingerprint density at radius 1 is 1.21 bits per heavy atom. The van der Waals surface area contributed by atoms with Crippen LogP contribution < -0.4 is 118 Å². The Balaban J connectivity index is 0.00000210. The number of phosphoric acid groups is 2. The summed E-state index contributed by atoms with van der Waals surface area (Å²) in [5, 5.41) is 20.2. The molecule has 0 spiro atoms. The van der Waals surface area contributed by atoms with Crippen molar-refractivity contribution >= 4 is 32.6 Å². The Hall–Kier alpha value is 1.76. The fraction of sp³-hybridized carbons (Fsp3) is 0.500. The Labute approximate surface area is 248 Å². The topological polar surface area (TPSA) is 238 Å². The average Bonchev–Trinajstić information content (AvgIpc) is 3.07. The van der Waals surface area contributed by atoms with Crippen molar-refractivity contribution in [1.29, 1.82) is 0 Å². The fourth-order valence-corrected chi connectivity index (χ4v) is 4.01. The number of nitrogens with zero attached hydrogens (tertiary/aromatic N) is 4. The minimum Gasteiger partial charge on any atom is -0.789 e. The smallest absolute Gasteiger partial charge is 0.789 e. The summed E-state index contributed by atoms with van der Waals surface area (Å²) in [4.78, 5) is 41.7. The van der Waals surface area contributed by atoms with Crippen LogP contribution in [0.25, 0.3) is 11.2 Å². The second-order valence-electron chi connectivity index (χ2n) is 5.42. The van der Waals surface area contributed by atoms with Gasteiger partial charge in [-0.05, 0) is 0 Å². The summed E-state index contributed by atoms with van der Waals surface area (Å²) < 4.78 is 36.2. The van der Waals surface area contributed by atoms with Crippen LogP contribution in [-0.4, -0.2) is 59.5 Å². The molecule has 2 aromatic heterocycles. The van der Waals surface area contributed by atoms with Gasteiger partial charge in [-0.3, -0.25) is 13.4 Å². The molecule has 3 rings (SSSR count). The molecule has 0 saturated carbocycles. The second kappa shape index (κ2) is 11.3. The molecule has 0 aliphatic carbocycles. The molecular formula is C10H13K2N5O10P2. The number of hydrogen-bond donors (Lipinski definition) is 4. The van der Waals surface area contributed by atoms with E-state index in [1.54, 1.807) is 0 Å². The molecule has 29 heavy (non-hydrogen) atoms. The molecule has 1 aliphatic rings. The number of aliphatic hydroxyl groups is 2. The number of aromatic nitrogens is 4. The summed E-state index contributed by atoms with van der Waals surface area (Å²) in [7, 11) is -11.0. The minimum absolute atomic E-state index is 0. The van der Waals surface area contributed by atoms with E-state index in [1.807, 2.05) is 0 Å². The number of nitrogens with two attached hydrogens (primary N) is 1. The molecule has 1 unspecified atom stereocenters. The zero-order valence-corrected chi connectivity index (χ0v) is 23.2. The average molecular weight is 503 g/mol. The van der Waals surface area contributed by atoms with E-state index in [1.165, 1.54) is 10.9 Å². The molecule has 3 heterocycles. The first kappa shape index (κ1) is 28.8. The summed E-state index contributed by atoms with van der Waals surface area (Å²) in [6.45, 7) is -0.869. The van der Waals surface area contributed by atoms with Gasteiger partial charge in [0.05, 0.1) is 20.8 Å². The van der Waals surface area contributed by atoms with Gasteiger partial charge in [-0.15, -0.1) is 0 Å². The Kier molecular flexibility index (Phi) is 11.2. The van der Waals surface area contributed by atoms with E-state index in [0.29, 0.717) is 0 Å². The normalized spacial score (nSPS) is 26.5. The zero-order valence-electron chi connectivity index (χ0n) is 15.1. The van der Waals surface area contributed by atoms with Crippen LogP contribution >= 0.6 is 15.6 Å². The van der Waals surface area contributed by atoms with Gasteiger partial charge in [0.1, 0.15) is 30.2 Å². The Morgan fingerprint density at radius 2 is 1.86 bits per heavy atom. The SMILES string of the molecule is Nc1ncnc2c1ncn2[C@@H]1O[C@H](COP(=O)(O)OP(=O)([O-])[O-])[C@@H](O)[C@H]1O.[K+].[K+]. The van der Waals surface area contributed by atoms with E-state index in [9.17, 15) is 34.0 Å². The zero-order chi connectivity index (χ0) is 20.0. The first-order valence-electron chi connectivity index (χ1n) is 7.14. The van der Waals surface area contributed by atoms with Crippen molar-refractivity contribution in [3.05, 3.63) is 12.7 Å². The summed E-state index contributed by atoms with van der Waals surface area (Å²) in [6, 6.07) is 0. The van der Waals surface area contributed by atoms with Crippen molar-refractivity contribution in [2.75, 3.05) is 12.3 Å². The summed E-state index contributed by atoms with van der Waals surface area (Å²) in [5.41, 5.74) is 6.07. The van der Waals surface area contributed by atoms with Gasteiger partial charge in [0, 0.05) is 0 Å². The first-order valence-corrected chi connectivity index (χ1v) is 10.1. The Bertz CT molecular complexity index is 943. The van der Waals surface area contributed by atoms with Crippen LogP contribution in [0.1, 0.15) is 6.23 Å². The van der Waals surface area contributed by atoms with Crippen LogP contribution in [-0.2, 0) is 22.7 Å². The molecule has 19 heteroatoms. The number of ether oxygens (including phenoxy) is 1. The van der Waals surface area contributed by atoms with Crippen molar-refractivity contribution in [1.82, 2.24) is 19.5 Å². The maximum Gasteiger partial charge on any atom is 1.00 e. The number of anilines is 1. The molecule has 15 nitrogen and oxygen atoms in total. The summed E-state index contributed by atoms with van der Waals surface area (Å²) in [6.07, 6.45) is -3.35. The molecule has 1 fully saturated rings. The molecule has 0 amide bonds. The summed E-state index contributed by atoms with van der Waals surface area (Å²) >= 11 is 0. The van der Waals surface area contributed by atoms with E-state index in [4.69, 9.17) is 10.5 Å². The number of phosphoric ester groups is 1. The van der Waals surface area contributed by atoms with Gasteiger partial charge in [-0.25, -0.2) is 19.5 Å². The fourth-order valence-electron chi connectivity index (χ4n) is 2.47. The van der Waals surface area contributed by atoms with Crippen LogP contribution in [0.3, 0.4) is 0 Å². The van der Waals surface area contributed by atoms with Crippen LogP contribution in [0.4, 0.5) is 5.82 Å². The number of nitrogen functional groups attached to an aromatic ring is 1. The van der Waals surface area contributed by atoms with Crippen LogP contribution in [0.2, 0.25) is 0 Å². The quantitative estimate of drug-likeness (QED) is 0.211. The standard InChI is InChI=1S/C10H15N5O10P2.2K/c11-8-5-9(13-2-12-8)15(3-14-5)10-7(17)6(16)4(24-10)1-23-27(21,22)25-26(18,19)20;;/h2-4,6-7,10,16-17H,1H2,(H,21,22)(H2,11,12,13)(H2,18,19,20);;/q;2*+1/p-2/t4-,6-,7-,10-;;/m1../s1. The summed E-state index contributed by atoms with van der Waals surface area (Å²) in [5.74, 6) is 0.0738. The van der Waals surface area contributed by atoms with Crippen LogP contribution in [0.15, 0.2) is 12.7 Å². The minimum atomic E-state index is -5.79. The predicted octanol–water partition coefficient (Wildman–Crippen LogP) is -9.00. The number of aliphatic hydroxyl groups excluding tert-OH is 2. The van der Waals surface area contributed by atoms with E-state index >= 15 is 0 Å². The number of hydrogen-bond acceptors (Lipinski definition) is 13. The molecule has 0 bridgehead atoms. The maximum absolute atomic E-state index is 11.4. The predicted molar refractivity (Wildman–Crippen MR) is 80.1 cm³/mol. The van der Waals surface area contributed by atoms with Crippen molar-refractivity contribution in [3.63, 3.8) is 0 Å². The second-order valence-corrected chi connectivity index (χ2v) is 8.17. The van der Waals surface area contributed by atoms with Crippen LogP contribution in [0.5, 0.6) is 0 Å². The molecule has 0 radical (unpaired) electrons. The van der Waals surface area contributed by atoms with E-state index in [0.717, 1.165) is 6.33 Å². The molecular weight excluding hydrogens is 490 g/mol. The number of rotatable bonds is 6. The molecule has 150 valence electrons. The molecule has 5 N–H and O–H groups in total. The maximum atomic E-state index is 11.4. The number of imidazole rings is 1. The number of fused-ring (bicyclic) bond motifs is 1. The molecule has 2 aromatic rings. The molecule has 5 atom stereocenters. The van der Waals surface area contributed by atoms with Gasteiger partial charge in [-0.1, -0.05) is 0 Å². The van der Waals surface area contributed by atoms with Gasteiger partial charge < -0.3 is 39.9 Å². The van der Waals surface area contributed by atoms with Gasteiger partial charge >= 0.3 is 111 Å².